The topological polar surface area (TPSA) is 214 Å². The summed E-state index contributed by atoms with van der Waals surface area (Å²) in [4.78, 5) is 60.5. The number of amides is 4. The molecule has 12 nitrogen and oxygen atoms in total. The van der Waals surface area contributed by atoms with Crippen molar-refractivity contribution in [1.82, 2.24) is 16.0 Å². The monoisotopic (exact) mass is 479 g/mol. The van der Waals surface area contributed by atoms with Crippen molar-refractivity contribution in [1.29, 1.82) is 0 Å². The molecular weight excluding hydrogens is 446 g/mol. The van der Waals surface area contributed by atoms with Crippen LogP contribution in [0.25, 0.3) is 0 Å². The van der Waals surface area contributed by atoms with Gasteiger partial charge in [0.25, 0.3) is 0 Å². The lowest BCUT2D eigenvalue weighted by molar-refractivity contribution is -0.143. The molecule has 9 N–H and O–H groups in total. The van der Waals surface area contributed by atoms with Gasteiger partial charge in [0, 0.05) is 12.8 Å². The molecule has 12 heteroatoms. The number of carbonyl (C=O) groups is 5. The van der Waals surface area contributed by atoms with Gasteiger partial charge in [0.15, 0.2) is 0 Å². The molecule has 0 radical (unpaired) electrons. The second-order valence-electron chi connectivity index (χ2n) is 7.97. The van der Waals surface area contributed by atoms with Crippen molar-refractivity contribution in [3.8, 4) is 5.75 Å². The summed E-state index contributed by atoms with van der Waals surface area (Å²) in [6.45, 7) is 3.06. The van der Waals surface area contributed by atoms with Crippen molar-refractivity contribution in [2.75, 3.05) is 6.54 Å². The average Bonchev–Trinajstić information content (AvgIpc) is 2.79. The molecule has 1 aromatic carbocycles. The van der Waals surface area contributed by atoms with Gasteiger partial charge in [0.1, 0.15) is 23.9 Å². The number of aliphatic carboxylic acids is 1. The molecule has 0 aliphatic rings. The predicted octanol–water partition coefficient (Wildman–Crippen LogP) is -1.26. The van der Waals surface area contributed by atoms with Gasteiger partial charge in [-0.3, -0.25) is 19.2 Å². The summed E-state index contributed by atoms with van der Waals surface area (Å²) in [7, 11) is 0. The van der Waals surface area contributed by atoms with Gasteiger partial charge in [-0.25, -0.2) is 4.79 Å². The van der Waals surface area contributed by atoms with E-state index in [1.807, 2.05) is 0 Å². The molecule has 4 amide bonds. The van der Waals surface area contributed by atoms with Gasteiger partial charge in [0.2, 0.25) is 23.6 Å². The van der Waals surface area contributed by atoms with Crippen molar-refractivity contribution in [3.05, 3.63) is 29.8 Å². The normalized spacial score (nSPS) is 14.2. The molecule has 0 aliphatic heterocycles. The van der Waals surface area contributed by atoms with Gasteiger partial charge in [-0.2, -0.15) is 0 Å². The molecule has 1 rings (SSSR count). The highest BCUT2D eigenvalue weighted by Crippen LogP contribution is 2.13. The first kappa shape index (κ1) is 28.4. The van der Waals surface area contributed by atoms with Crippen molar-refractivity contribution < 1.29 is 34.2 Å². The molecule has 0 aliphatic carbocycles. The molecule has 0 spiro atoms. The van der Waals surface area contributed by atoms with E-state index in [9.17, 15) is 34.2 Å². The lowest BCUT2D eigenvalue weighted by atomic mass is 9.98. The Bertz CT molecular complexity index is 875. The summed E-state index contributed by atoms with van der Waals surface area (Å²) < 4.78 is 0. The minimum Gasteiger partial charge on any atom is -0.508 e. The Kier molecular flexibility index (Phi) is 11.5. The zero-order chi connectivity index (χ0) is 25.8. The van der Waals surface area contributed by atoms with Gasteiger partial charge < -0.3 is 37.6 Å². The molecule has 34 heavy (non-hydrogen) atoms. The van der Waals surface area contributed by atoms with Gasteiger partial charge in [-0.15, -0.1) is 0 Å². The number of hydrogen-bond donors (Lipinski definition) is 7. The van der Waals surface area contributed by atoms with E-state index in [4.69, 9.17) is 11.5 Å². The fourth-order valence-electron chi connectivity index (χ4n) is 3.09. The molecule has 0 heterocycles. The quantitative estimate of drug-likeness (QED) is 0.171. The molecule has 4 atom stereocenters. The van der Waals surface area contributed by atoms with E-state index in [1.165, 1.54) is 12.1 Å². The number of carbonyl (C=O) groups excluding carboxylic acids is 4. The zero-order valence-electron chi connectivity index (χ0n) is 19.2. The van der Waals surface area contributed by atoms with E-state index < -0.39 is 54.3 Å². The number of carboxylic acid groups (broad SMARTS) is 1. The Labute approximate surface area is 197 Å². The average molecular weight is 480 g/mol. The number of phenolic OH excluding ortho intramolecular Hbond substituents is 1. The highest BCUT2D eigenvalue weighted by atomic mass is 16.4. The van der Waals surface area contributed by atoms with E-state index in [1.54, 1.807) is 26.0 Å². The summed E-state index contributed by atoms with van der Waals surface area (Å²) in [6.07, 6.45) is 0.141. The van der Waals surface area contributed by atoms with Crippen molar-refractivity contribution in [2.45, 2.75) is 57.7 Å². The van der Waals surface area contributed by atoms with Crippen molar-refractivity contribution in [3.63, 3.8) is 0 Å². The number of benzene rings is 1. The smallest absolute Gasteiger partial charge is 0.326 e. The number of hydrogen-bond acceptors (Lipinski definition) is 7. The van der Waals surface area contributed by atoms with E-state index >= 15 is 0 Å². The second-order valence-corrected chi connectivity index (χ2v) is 7.97. The number of nitrogens with two attached hydrogens (primary N) is 2. The van der Waals surface area contributed by atoms with Crippen LogP contribution in [0.4, 0.5) is 0 Å². The highest BCUT2D eigenvalue weighted by Gasteiger charge is 2.31. The second kappa shape index (κ2) is 13.8. The van der Waals surface area contributed by atoms with Crippen LogP contribution in [0.15, 0.2) is 24.3 Å². The SMILES string of the molecule is CCC(C)C(NC(=O)C(Cc1ccc(O)cc1)NC(=O)C(CCC(N)=O)NC(=O)CN)C(=O)O. The number of phenols is 1. The largest absolute Gasteiger partial charge is 0.508 e. The maximum atomic E-state index is 13.0. The van der Waals surface area contributed by atoms with Crippen molar-refractivity contribution in [2.24, 2.45) is 17.4 Å². The van der Waals surface area contributed by atoms with E-state index in [2.05, 4.69) is 16.0 Å². The van der Waals surface area contributed by atoms with Crippen LogP contribution in [0.1, 0.15) is 38.7 Å². The minimum atomic E-state index is -1.22. The first-order valence-electron chi connectivity index (χ1n) is 10.9. The number of carboxylic acids is 1. The fourth-order valence-corrected chi connectivity index (χ4v) is 3.09. The van der Waals surface area contributed by atoms with E-state index in [0.29, 0.717) is 12.0 Å². The molecule has 1 aromatic rings. The molecule has 0 saturated heterocycles. The predicted molar refractivity (Wildman–Crippen MR) is 122 cm³/mol. The Morgan fingerprint density at radius 2 is 1.56 bits per heavy atom. The molecule has 0 bridgehead atoms. The number of primary amides is 1. The van der Waals surface area contributed by atoms with Crippen LogP contribution in [-0.4, -0.2) is 64.5 Å². The van der Waals surface area contributed by atoms with Crippen molar-refractivity contribution >= 4 is 29.6 Å². The molecular formula is C22H33N5O7. The molecule has 0 saturated carbocycles. The fraction of sp³-hybridized carbons (Fsp3) is 0.500. The van der Waals surface area contributed by atoms with Crippen LogP contribution in [-0.2, 0) is 30.4 Å². The van der Waals surface area contributed by atoms with Crippen LogP contribution in [0.5, 0.6) is 5.75 Å². The first-order valence-corrected chi connectivity index (χ1v) is 10.9. The standard InChI is InChI=1S/C22H33N5O7/c1-3-12(2)19(22(33)34)27-21(32)16(10-13-4-6-14(28)7-5-13)26-20(31)15(8-9-17(24)29)25-18(30)11-23/h4-7,12,15-16,19,28H,3,8-11,23H2,1-2H3,(H2,24,29)(H,25,30)(H,26,31)(H,27,32)(H,33,34). The number of aromatic hydroxyl groups is 1. The van der Waals surface area contributed by atoms with Crippen LogP contribution >= 0.6 is 0 Å². The van der Waals surface area contributed by atoms with E-state index in [0.717, 1.165) is 0 Å². The zero-order valence-corrected chi connectivity index (χ0v) is 19.2. The minimum absolute atomic E-state index is 0.00696. The lowest BCUT2D eigenvalue weighted by Crippen LogP contribution is -2.57. The van der Waals surface area contributed by atoms with Crippen LogP contribution in [0.3, 0.4) is 0 Å². The Morgan fingerprint density at radius 3 is 2.06 bits per heavy atom. The third kappa shape index (κ3) is 9.45. The van der Waals surface area contributed by atoms with Gasteiger partial charge in [-0.05, 0) is 30.0 Å². The Balaban J connectivity index is 3.15. The maximum absolute atomic E-state index is 13.0. The summed E-state index contributed by atoms with van der Waals surface area (Å²) in [5.41, 5.74) is 11.0. The first-order chi connectivity index (χ1) is 16.0. The summed E-state index contributed by atoms with van der Waals surface area (Å²) in [5, 5.41) is 26.4. The Hall–Kier alpha value is -3.67. The molecule has 0 fully saturated rings. The molecule has 188 valence electrons. The number of rotatable bonds is 14. The highest BCUT2D eigenvalue weighted by molar-refractivity contribution is 5.94. The maximum Gasteiger partial charge on any atom is 0.326 e. The summed E-state index contributed by atoms with van der Waals surface area (Å²) in [5.74, 6) is -4.42. The number of nitrogens with one attached hydrogen (secondary N) is 3. The molecule has 0 aromatic heterocycles. The van der Waals surface area contributed by atoms with Crippen LogP contribution < -0.4 is 27.4 Å². The third-order valence-corrected chi connectivity index (χ3v) is 5.30. The lowest BCUT2D eigenvalue weighted by Gasteiger charge is -2.26. The molecule has 4 unspecified atom stereocenters. The summed E-state index contributed by atoms with van der Waals surface area (Å²) >= 11 is 0. The third-order valence-electron chi connectivity index (χ3n) is 5.30. The van der Waals surface area contributed by atoms with Gasteiger partial charge >= 0.3 is 5.97 Å². The Morgan fingerprint density at radius 1 is 0.971 bits per heavy atom. The van der Waals surface area contributed by atoms with Gasteiger partial charge in [0.05, 0.1) is 6.54 Å². The van der Waals surface area contributed by atoms with Crippen LogP contribution in [0.2, 0.25) is 0 Å². The van der Waals surface area contributed by atoms with Crippen LogP contribution in [0, 0.1) is 5.92 Å². The van der Waals surface area contributed by atoms with Gasteiger partial charge in [-0.1, -0.05) is 32.4 Å². The summed E-state index contributed by atoms with van der Waals surface area (Å²) in [6, 6.07) is 2.32. The van der Waals surface area contributed by atoms with E-state index in [-0.39, 0.29) is 30.9 Å².